The van der Waals surface area contributed by atoms with Crippen LogP contribution in [-0.2, 0) is 22.7 Å². The topological polar surface area (TPSA) is 146 Å². The average Bonchev–Trinajstić information content (AvgIpc) is 2.89. The van der Waals surface area contributed by atoms with Crippen LogP contribution < -0.4 is 10.6 Å². The summed E-state index contributed by atoms with van der Waals surface area (Å²) in [6.45, 7) is 3.28. The molecule has 0 saturated heterocycles. The second kappa shape index (κ2) is 18.4. The van der Waals surface area contributed by atoms with Crippen LogP contribution in [0, 0.1) is 0 Å². The van der Waals surface area contributed by atoms with Gasteiger partial charge >= 0.3 is 0 Å². The number of amides is 2. The third-order valence-electron chi connectivity index (χ3n) is 6.01. The summed E-state index contributed by atoms with van der Waals surface area (Å²) in [5.41, 5.74) is 3.45. The summed E-state index contributed by atoms with van der Waals surface area (Å²) < 4.78 is 0. The fourth-order valence-corrected chi connectivity index (χ4v) is 4.03. The maximum absolute atomic E-state index is 12.3. The van der Waals surface area contributed by atoms with Gasteiger partial charge in [0.15, 0.2) is 0 Å². The van der Waals surface area contributed by atoms with Crippen molar-refractivity contribution in [2.75, 3.05) is 63.2 Å². The molecule has 0 aliphatic rings. The molecule has 10 nitrogen and oxygen atoms in total. The van der Waals surface area contributed by atoms with E-state index in [0.29, 0.717) is 76.3 Å². The fourth-order valence-electron chi connectivity index (χ4n) is 4.03. The predicted octanol–water partition coefficient (Wildman–Crippen LogP) is 1.40. The molecule has 0 unspecified atom stereocenters. The van der Waals surface area contributed by atoms with E-state index in [1.165, 1.54) is 0 Å². The fraction of sp³-hybridized carbons (Fsp3) is 0.500. The van der Waals surface area contributed by atoms with Crippen LogP contribution in [0.15, 0.2) is 48.5 Å². The summed E-state index contributed by atoms with van der Waals surface area (Å²) >= 11 is 0. The van der Waals surface area contributed by atoms with Crippen LogP contribution in [0.25, 0.3) is 0 Å². The van der Waals surface area contributed by atoms with E-state index in [9.17, 15) is 9.59 Å². The van der Waals surface area contributed by atoms with Gasteiger partial charge in [-0.1, -0.05) is 24.3 Å². The Balaban J connectivity index is 1.66. The van der Waals surface area contributed by atoms with Crippen molar-refractivity contribution >= 4 is 23.2 Å². The first-order valence-corrected chi connectivity index (χ1v) is 13.1. The number of aliphatic hydroxyl groups excluding tert-OH is 4. The van der Waals surface area contributed by atoms with Gasteiger partial charge < -0.3 is 31.1 Å². The number of nitrogens with one attached hydrogen (secondary N) is 2. The van der Waals surface area contributed by atoms with Crippen LogP contribution in [0.4, 0.5) is 11.4 Å². The largest absolute Gasteiger partial charge is 0.395 e. The molecule has 10 heteroatoms. The van der Waals surface area contributed by atoms with Gasteiger partial charge in [0.2, 0.25) is 11.8 Å². The lowest BCUT2D eigenvalue weighted by Crippen LogP contribution is -2.29. The van der Waals surface area contributed by atoms with Crippen molar-refractivity contribution in [2.45, 2.75) is 38.8 Å². The van der Waals surface area contributed by atoms with Crippen molar-refractivity contribution < 1.29 is 30.0 Å². The average molecular weight is 531 g/mol. The summed E-state index contributed by atoms with van der Waals surface area (Å²) in [6.07, 6.45) is 1.84. The highest BCUT2D eigenvalue weighted by molar-refractivity contribution is 5.91. The molecule has 0 saturated carbocycles. The number of rotatable bonds is 19. The molecular weight excluding hydrogens is 488 g/mol. The molecule has 2 rings (SSSR count). The number of anilines is 2. The Bertz CT molecular complexity index is 850. The molecule has 38 heavy (non-hydrogen) atoms. The Morgan fingerprint density at radius 1 is 0.553 bits per heavy atom. The van der Waals surface area contributed by atoms with E-state index in [1.54, 1.807) is 0 Å². The molecule has 2 amide bonds. The lowest BCUT2D eigenvalue weighted by molar-refractivity contribution is -0.118. The molecule has 0 fully saturated rings. The van der Waals surface area contributed by atoms with Crippen molar-refractivity contribution in [3.63, 3.8) is 0 Å². The monoisotopic (exact) mass is 530 g/mol. The van der Waals surface area contributed by atoms with Crippen LogP contribution in [0.3, 0.4) is 0 Å². The Morgan fingerprint density at radius 2 is 0.868 bits per heavy atom. The highest BCUT2D eigenvalue weighted by Gasteiger charge is 2.09. The zero-order chi connectivity index (χ0) is 27.6. The molecule has 0 spiro atoms. The number of aliphatic hydroxyl groups is 4. The first-order chi connectivity index (χ1) is 18.5. The van der Waals surface area contributed by atoms with Crippen molar-refractivity contribution in [1.82, 2.24) is 9.80 Å². The lowest BCUT2D eigenvalue weighted by Gasteiger charge is -2.20. The van der Waals surface area contributed by atoms with E-state index in [2.05, 4.69) is 10.6 Å². The number of carbonyl (C=O) groups excluding carboxylic acids is 2. The van der Waals surface area contributed by atoms with Crippen LogP contribution in [0.5, 0.6) is 0 Å². The SMILES string of the molecule is O=C(CCCCC(=O)Nc1ccc(CN(CCO)CCO)cc1)Nc1ccc(CN(CCO)CCO)cc1. The Morgan fingerprint density at radius 3 is 1.16 bits per heavy atom. The number of carbonyl (C=O) groups is 2. The summed E-state index contributed by atoms with van der Waals surface area (Å²) in [6, 6.07) is 15.0. The van der Waals surface area contributed by atoms with Crippen LogP contribution in [0.1, 0.15) is 36.8 Å². The minimum absolute atomic E-state index is 0.0291. The zero-order valence-corrected chi connectivity index (χ0v) is 22.0. The lowest BCUT2D eigenvalue weighted by atomic mass is 10.1. The first kappa shape index (κ1) is 31.4. The second-order valence-electron chi connectivity index (χ2n) is 9.14. The van der Waals surface area contributed by atoms with Gasteiger partial charge in [0, 0.05) is 63.5 Å². The smallest absolute Gasteiger partial charge is 0.224 e. The van der Waals surface area contributed by atoms with Gasteiger partial charge in [0.1, 0.15) is 0 Å². The molecule has 210 valence electrons. The van der Waals surface area contributed by atoms with Gasteiger partial charge in [-0.25, -0.2) is 0 Å². The molecule has 2 aromatic carbocycles. The minimum atomic E-state index is -0.104. The minimum Gasteiger partial charge on any atom is -0.395 e. The summed E-state index contributed by atoms with van der Waals surface area (Å²) in [7, 11) is 0. The van der Waals surface area contributed by atoms with E-state index >= 15 is 0 Å². The van der Waals surface area contributed by atoms with E-state index < -0.39 is 0 Å². The summed E-state index contributed by atoms with van der Waals surface area (Å²) in [5, 5.41) is 42.2. The van der Waals surface area contributed by atoms with Gasteiger partial charge in [-0.2, -0.15) is 0 Å². The summed E-state index contributed by atoms with van der Waals surface area (Å²) in [5.74, 6) is -0.209. The quantitative estimate of drug-likeness (QED) is 0.150. The second-order valence-corrected chi connectivity index (χ2v) is 9.14. The Labute approximate surface area is 224 Å². The number of nitrogens with zero attached hydrogens (tertiary/aromatic N) is 2. The highest BCUT2D eigenvalue weighted by Crippen LogP contribution is 2.14. The van der Waals surface area contributed by atoms with Gasteiger partial charge in [0.25, 0.3) is 0 Å². The van der Waals surface area contributed by atoms with Crippen LogP contribution in [-0.4, -0.2) is 94.6 Å². The van der Waals surface area contributed by atoms with Crippen molar-refractivity contribution in [3.05, 3.63) is 59.7 Å². The molecule has 6 N–H and O–H groups in total. The molecular formula is C28H42N4O6. The van der Waals surface area contributed by atoms with Gasteiger partial charge in [0.05, 0.1) is 26.4 Å². The third-order valence-corrected chi connectivity index (χ3v) is 6.01. The first-order valence-electron chi connectivity index (χ1n) is 13.1. The molecule has 0 aromatic heterocycles. The molecule has 0 aliphatic heterocycles. The molecule has 0 atom stereocenters. The normalized spacial score (nSPS) is 11.2. The Kier molecular flexibility index (Phi) is 15.2. The number of benzene rings is 2. The van der Waals surface area contributed by atoms with Crippen LogP contribution in [0.2, 0.25) is 0 Å². The van der Waals surface area contributed by atoms with Crippen molar-refractivity contribution in [2.24, 2.45) is 0 Å². The number of hydrogen-bond donors (Lipinski definition) is 6. The number of unbranched alkanes of at least 4 members (excludes halogenated alkanes) is 1. The summed E-state index contributed by atoms with van der Waals surface area (Å²) in [4.78, 5) is 28.4. The molecule has 0 radical (unpaired) electrons. The molecule has 0 heterocycles. The molecule has 0 bridgehead atoms. The maximum atomic E-state index is 12.3. The highest BCUT2D eigenvalue weighted by atomic mass is 16.3. The van der Waals surface area contributed by atoms with Crippen molar-refractivity contribution in [1.29, 1.82) is 0 Å². The molecule has 0 aliphatic carbocycles. The van der Waals surface area contributed by atoms with Gasteiger partial charge in [-0.15, -0.1) is 0 Å². The van der Waals surface area contributed by atoms with E-state index in [-0.39, 0.29) is 38.2 Å². The van der Waals surface area contributed by atoms with Gasteiger partial charge in [-0.3, -0.25) is 19.4 Å². The standard InChI is InChI=1S/C28H42N4O6/c33-17-13-31(14-18-34)21-23-5-9-25(10-6-23)29-27(37)3-1-2-4-28(38)30-26-11-7-24(8-12-26)22-32(15-19-35)16-20-36/h5-12,33-36H,1-4,13-22H2,(H,29,37)(H,30,38). The van der Waals surface area contributed by atoms with Crippen molar-refractivity contribution in [3.8, 4) is 0 Å². The Hall–Kier alpha value is -2.86. The van der Waals surface area contributed by atoms with E-state index in [4.69, 9.17) is 20.4 Å². The predicted molar refractivity (Wildman–Crippen MR) is 148 cm³/mol. The van der Waals surface area contributed by atoms with Gasteiger partial charge in [-0.05, 0) is 48.2 Å². The van der Waals surface area contributed by atoms with E-state index in [0.717, 1.165) is 11.1 Å². The van der Waals surface area contributed by atoms with E-state index in [1.807, 2.05) is 58.3 Å². The third kappa shape index (κ3) is 12.6. The molecule has 2 aromatic rings. The van der Waals surface area contributed by atoms with Crippen LogP contribution >= 0.6 is 0 Å². The maximum Gasteiger partial charge on any atom is 0.224 e. The zero-order valence-electron chi connectivity index (χ0n) is 22.0. The number of hydrogen-bond acceptors (Lipinski definition) is 8.